The highest BCUT2D eigenvalue weighted by atomic mass is 15.1. The molecule has 1 heteroatoms. The smallest absolute Gasteiger partial charge is 0.0598 e. The lowest BCUT2D eigenvalue weighted by Gasteiger charge is -2.06. The van der Waals surface area contributed by atoms with Crippen LogP contribution in [0.2, 0.25) is 0 Å². The molecule has 1 nitrogen and oxygen atoms in total. The summed E-state index contributed by atoms with van der Waals surface area (Å²) in [5.74, 6) is 5.82. The van der Waals surface area contributed by atoms with Crippen LogP contribution in [0.15, 0.2) is 0 Å². The molecule has 10 heavy (non-hydrogen) atoms. The molecule has 0 unspecified atom stereocenters. The Morgan fingerprint density at radius 3 is 2.10 bits per heavy atom. The van der Waals surface area contributed by atoms with Crippen LogP contribution in [0.1, 0.15) is 27.7 Å². The van der Waals surface area contributed by atoms with Crippen molar-refractivity contribution in [3.8, 4) is 11.8 Å². The van der Waals surface area contributed by atoms with E-state index < -0.39 is 0 Å². The standard InChI is InChI=1S/C7H13N.C2H6/c1-4-6-7-8(3)5-2;1-2/h5,7H2,1-3H3;1-2H3. The fraction of sp³-hybridized carbons (Fsp3) is 0.778. The molecule has 0 N–H and O–H groups in total. The van der Waals surface area contributed by atoms with E-state index in [9.17, 15) is 0 Å². The molecule has 0 spiro atoms. The molecule has 0 fully saturated rings. The summed E-state index contributed by atoms with van der Waals surface area (Å²) in [5, 5.41) is 0. The second kappa shape index (κ2) is 11.3. The van der Waals surface area contributed by atoms with Gasteiger partial charge in [0.25, 0.3) is 0 Å². The van der Waals surface area contributed by atoms with Gasteiger partial charge in [-0.25, -0.2) is 0 Å². The molecule has 0 amide bonds. The summed E-state index contributed by atoms with van der Waals surface area (Å²) in [6.45, 7) is 9.96. The van der Waals surface area contributed by atoms with Crippen LogP contribution < -0.4 is 0 Å². The first-order valence-electron chi connectivity index (χ1n) is 3.89. The SMILES string of the molecule is CC.CC#CCN(C)CC. The van der Waals surface area contributed by atoms with Gasteiger partial charge in [0.15, 0.2) is 0 Å². The zero-order chi connectivity index (χ0) is 8.41. The highest BCUT2D eigenvalue weighted by Gasteiger charge is 1.85. The minimum Gasteiger partial charge on any atom is -0.296 e. The summed E-state index contributed by atoms with van der Waals surface area (Å²) in [7, 11) is 2.06. The van der Waals surface area contributed by atoms with Crippen LogP contribution in [0.3, 0.4) is 0 Å². The van der Waals surface area contributed by atoms with E-state index in [0.29, 0.717) is 0 Å². The van der Waals surface area contributed by atoms with Crippen molar-refractivity contribution in [3.63, 3.8) is 0 Å². The van der Waals surface area contributed by atoms with E-state index in [-0.39, 0.29) is 0 Å². The molecule has 0 aliphatic heterocycles. The van der Waals surface area contributed by atoms with Gasteiger partial charge in [-0.3, -0.25) is 4.90 Å². The van der Waals surface area contributed by atoms with Crippen LogP contribution in [0.5, 0.6) is 0 Å². The van der Waals surface area contributed by atoms with Crippen molar-refractivity contribution in [2.75, 3.05) is 20.1 Å². The van der Waals surface area contributed by atoms with Crippen LogP contribution in [0.4, 0.5) is 0 Å². The molecule has 0 saturated heterocycles. The van der Waals surface area contributed by atoms with Gasteiger partial charge in [-0.15, -0.1) is 5.92 Å². The third-order valence-corrected chi connectivity index (χ3v) is 1.07. The van der Waals surface area contributed by atoms with Crippen LogP contribution in [-0.2, 0) is 0 Å². The molecule has 0 aliphatic carbocycles. The molecule has 0 heterocycles. The van der Waals surface area contributed by atoms with Gasteiger partial charge in [0.1, 0.15) is 0 Å². The second-order valence-corrected chi connectivity index (χ2v) is 1.76. The topological polar surface area (TPSA) is 3.24 Å². The van der Waals surface area contributed by atoms with Crippen LogP contribution >= 0.6 is 0 Å². The Morgan fingerprint density at radius 2 is 1.80 bits per heavy atom. The van der Waals surface area contributed by atoms with Crippen molar-refractivity contribution in [1.82, 2.24) is 4.90 Å². The molecular formula is C9H19N. The summed E-state index contributed by atoms with van der Waals surface area (Å²) < 4.78 is 0. The largest absolute Gasteiger partial charge is 0.296 e. The lowest BCUT2D eigenvalue weighted by molar-refractivity contribution is 0.398. The Morgan fingerprint density at radius 1 is 1.30 bits per heavy atom. The first-order valence-corrected chi connectivity index (χ1v) is 3.89. The number of rotatable bonds is 2. The lowest BCUT2D eigenvalue weighted by Crippen LogP contribution is -2.17. The Labute approximate surface area is 65.4 Å². The van der Waals surface area contributed by atoms with Gasteiger partial charge in [-0.05, 0) is 20.5 Å². The van der Waals surface area contributed by atoms with Crippen molar-refractivity contribution < 1.29 is 0 Å². The van der Waals surface area contributed by atoms with E-state index in [2.05, 4.69) is 30.7 Å². The van der Waals surface area contributed by atoms with E-state index in [4.69, 9.17) is 0 Å². The minimum atomic E-state index is 0.896. The minimum absolute atomic E-state index is 0.896. The van der Waals surface area contributed by atoms with Gasteiger partial charge in [-0.2, -0.15) is 0 Å². The van der Waals surface area contributed by atoms with E-state index in [0.717, 1.165) is 13.1 Å². The van der Waals surface area contributed by atoms with Crippen LogP contribution in [0, 0.1) is 11.8 Å². The molecule has 0 aromatic carbocycles. The molecule has 0 aromatic heterocycles. The molecule has 0 aromatic rings. The van der Waals surface area contributed by atoms with E-state index in [1.807, 2.05) is 20.8 Å². The maximum absolute atomic E-state index is 2.97. The van der Waals surface area contributed by atoms with Crippen LogP contribution in [-0.4, -0.2) is 25.0 Å². The number of hydrogen-bond donors (Lipinski definition) is 0. The summed E-state index contributed by atoms with van der Waals surface area (Å²) >= 11 is 0. The van der Waals surface area contributed by atoms with E-state index >= 15 is 0 Å². The predicted molar refractivity (Wildman–Crippen MR) is 48.0 cm³/mol. The molecule has 0 aliphatic rings. The van der Waals surface area contributed by atoms with Gasteiger partial charge in [0.2, 0.25) is 0 Å². The molecular weight excluding hydrogens is 122 g/mol. The van der Waals surface area contributed by atoms with Crippen molar-refractivity contribution in [2.24, 2.45) is 0 Å². The normalized spacial score (nSPS) is 7.40. The highest BCUT2D eigenvalue weighted by molar-refractivity contribution is 4.96. The Balaban J connectivity index is 0. The van der Waals surface area contributed by atoms with Crippen molar-refractivity contribution >= 4 is 0 Å². The second-order valence-electron chi connectivity index (χ2n) is 1.76. The van der Waals surface area contributed by atoms with Gasteiger partial charge >= 0.3 is 0 Å². The summed E-state index contributed by atoms with van der Waals surface area (Å²) in [6, 6.07) is 0. The summed E-state index contributed by atoms with van der Waals surface area (Å²) in [5.41, 5.74) is 0. The summed E-state index contributed by atoms with van der Waals surface area (Å²) in [6.07, 6.45) is 0. The number of nitrogens with zero attached hydrogens (tertiary/aromatic N) is 1. The fourth-order valence-corrected chi connectivity index (χ4v) is 0.326. The predicted octanol–water partition coefficient (Wildman–Crippen LogP) is 1.99. The van der Waals surface area contributed by atoms with Crippen molar-refractivity contribution in [1.29, 1.82) is 0 Å². The quantitative estimate of drug-likeness (QED) is 0.532. The van der Waals surface area contributed by atoms with E-state index in [1.54, 1.807) is 0 Å². The maximum Gasteiger partial charge on any atom is 0.0598 e. The third kappa shape index (κ3) is 10.5. The van der Waals surface area contributed by atoms with Crippen LogP contribution in [0.25, 0.3) is 0 Å². The summed E-state index contributed by atoms with van der Waals surface area (Å²) in [4.78, 5) is 2.16. The zero-order valence-electron chi connectivity index (χ0n) is 7.86. The molecule has 0 bridgehead atoms. The van der Waals surface area contributed by atoms with Crippen molar-refractivity contribution in [2.45, 2.75) is 27.7 Å². The van der Waals surface area contributed by atoms with E-state index in [1.165, 1.54) is 0 Å². The Hall–Kier alpha value is -0.480. The highest BCUT2D eigenvalue weighted by Crippen LogP contribution is 1.75. The fourth-order valence-electron chi connectivity index (χ4n) is 0.326. The average Bonchev–Trinajstić information content (AvgIpc) is 2.04. The molecule has 0 rings (SSSR count). The van der Waals surface area contributed by atoms with Crippen molar-refractivity contribution in [3.05, 3.63) is 0 Å². The third-order valence-electron chi connectivity index (χ3n) is 1.07. The Kier molecular flexibility index (Phi) is 13.9. The first-order chi connectivity index (χ1) is 4.81. The van der Waals surface area contributed by atoms with Gasteiger partial charge < -0.3 is 0 Å². The van der Waals surface area contributed by atoms with Gasteiger partial charge in [0.05, 0.1) is 6.54 Å². The zero-order valence-corrected chi connectivity index (χ0v) is 7.86. The molecule has 0 atom stereocenters. The maximum atomic E-state index is 2.97. The monoisotopic (exact) mass is 141 g/mol. The Bertz CT molecular complexity index is 97.0. The molecule has 0 saturated carbocycles. The lowest BCUT2D eigenvalue weighted by atomic mass is 10.5. The molecule has 60 valence electrons. The van der Waals surface area contributed by atoms with Gasteiger partial charge in [-0.1, -0.05) is 26.7 Å². The number of hydrogen-bond acceptors (Lipinski definition) is 1. The average molecular weight is 141 g/mol. The van der Waals surface area contributed by atoms with Gasteiger partial charge in [0, 0.05) is 0 Å². The first kappa shape index (κ1) is 12.2. The molecule has 0 radical (unpaired) electrons.